The van der Waals surface area contributed by atoms with Crippen LogP contribution in [0.5, 0.6) is 0 Å². The molecule has 0 spiro atoms. The summed E-state index contributed by atoms with van der Waals surface area (Å²) < 4.78 is 38.7. The third kappa shape index (κ3) is 2.74. The summed E-state index contributed by atoms with van der Waals surface area (Å²) in [5.41, 5.74) is 0.806. The SMILES string of the molecule is Cn1c(=O)oc2cc(S(=O)(=O)NC[C@H]3CCCO3)ccc21. The zero-order valence-corrected chi connectivity index (χ0v) is 12.4. The molecule has 2 heterocycles. The van der Waals surface area contributed by atoms with Crippen molar-refractivity contribution in [1.82, 2.24) is 9.29 Å². The Labute approximate surface area is 121 Å². The number of fused-ring (bicyclic) bond motifs is 1. The number of rotatable bonds is 4. The maximum atomic E-state index is 12.2. The summed E-state index contributed by atoms with van der Waals surface area (Å²) in [5, 5.41) is 0. The maximum absolute atomic E-state index is 12.2. The zero-order chi connectivity index (χ0) is 15.0. The summed E-state index contributed by atoms with van der Waals surface area (Å²) in [4.78, 5) is 11.5. The van der Waals surface area contributed by atoms with Gasteiger partial charge < -0.3 is 9.15 Å². The predicted molar refractivity (Wildman–Crippen MR) is 75.6 cm³/mol. The minimum absolute atomic E-state index is 0.0711. The second-order valence-corrected chi connectivity index (χ2v) is 6.81. The van der Waals surface area contributed by atoms with Crippen LogP contribution < -0.4 is 10.5 Å². The van der Waals surface area contributed by atoms with E-state index in [0.29, 0.717) is 12.1 Å². The minimum Gasteiger partial charge on any atom is -0.408 e. The quantitative estimate of drug-likeness (QED) is 0.892. The van der Waals surface area contributed by atoms with Gasteiger partial charge in [0.1, 0.15) is 0 Å². The van der Waals surface area contributed by atoms with Crippen LogP contribution >= 0.6 is 0 Å². The molecule has 2 aromatic rings. The van der Waals surface area contributed by atoms with Crippen molar-refractivity contribution in [2.45, 2.75) is 23.8 Å². The van der Waals surface area contributed by atoms with Crippen molar-refractivity contribution < 1.29 is 17.6 Å². The third-order valence-electron chi connectivity index (χ3n) is 3.60. The molecule has 1 atom stereocenters. The molecule has 0 amide bonds. The first-order valence-electron chi connectivity index (χ1n) is 6.68. The summed E-state index contributed by atoms with van der Waals surface area (Å²) in [6, 6.07) is 4.37. The zero-order valence-electron chi connectivity index (χ0n) is 11.5. The fourth-order valence-electron chi connectivity index (χ4n) is 2.37. The number of nitrogens with zero attached hydrogens (tertiary/aromatic N) is 1. The average Bonchev–Trinajstić information content (AvgIpc) is 3.06. The van der Waals surface area contributed by atoms with Crippen molar-refractivity contribution in [3.05, 3.63) is 28.7 Å². The lowest BCUT2D eigenvalue weighted by Gasteiger charge is -2.11. The van der Waals surface area contributed by atoms with E-state index >= 15 is 0 Å². The number of ether oxygens (including phenoxy) is 1. The van der Waals surface area contributed by atoms with Crippen LogP contribution in [0.25, 0.3) is 11.1 Å². The van der Waals surface area contributed by atoms with Gasteiger partial charge in [0.25, 0.3) is 0 Å². The van der Waals surface area contributed by atoms with Crippen molar-refractivity contribution in [2.75, 3.05) is 13.2 Å². The highest BCUT2D eigenvalue weighted by atomic mass is 32.2. The number of hydrogen-bond acceptors (Lipinski definition) is 5. The second kappa shape index (κ2) is 5.28. The van der Waals surface area contributed by atoms with E-state index in [1.54, 1.807) is 13.1 Å². The molecular formula is C13H16N2O5S. The molecule has 3 rings (SSSR count). The lowest BCUT2D eigenvalue weighted by molar-refractivity contribution is 0.114. The summed E-state index contributed by atoms with van der Waals surface area (Å²) in [6.07, 6.45) is 1.74. The van der Waals surface area contributed by atoms with Gasteiger partial charge in [0.2, 0.25) is 10.0 Å². The molecule has 8 heteroatoms. The molecule has 0 aliphatic carbocycles. The number of aryl methyl sites for hydroxylation is 1. The van der Waals surface area contributed by atoms with Crippen molar-refractivity contribution in [1.29, 1.82) is 0 Å². The Morgan fingerprint density at radius 2 is 2.24 bits per heavy atom. The van der Waals surface area contributed by atoms with E-state index in [-0.39, 0.29) is 23.1 Å². The number of nitrogens with one attached hydrogen (secondary N) is 1. The molecular weight excluding hydrogens is 296 g/mol. The predicted octanol–water partition coefficient (Wildman–Crippen LogP) is 0.589. The Hall–Kier alpha value is -1.64. The van der Waals surface area contributed by atoms with Gasteiger partial charge in [-0.3, -0.25) is 4.57 Å². The van der Waals surface area contributed by atoms with Gasteiger partial charge in [0.15, 0.2) is 5.58 Å². The molecule has 1 fully saturated rings. The van der Waals surface area contributed by atoms with E-state index in [1.807, 2.05) is 0 Å². The largest absolute Gasteiger partial charge is 0.419 e. The Kier molecular flexibility index (Phi) is 3.60. The molecule has 1 aromatic carbocycles. The van der Waals surface area contributed by atoms with Crippen LogP contribution in [0.1, 0.15) is 12.8 Å². The summed E-state index contributed by atoms with van der Waals surface area (Å²) >= 11 is 0. The highest BCUT2D eigenvalue weighted by Crippen LogP contribution is 2.18. The van der Waals surface area contributed by atoms with Gasteiger partial charge in [0.05, 0.1) is 16.5 Å². The van der Waals surface area contributed by atoms with Gasteiger partial charge in [-0.15, -0.1) is 0 Å². The number of aromatic nitrogens is 1. The summed E-state index contributed by atoms with van der Waals surface area (Å²) in [6.45, 7) is 0.923. The van der Waals surface area contributed by atoms with Gasteiger partial charge in [-0.2, -0.15) is 0 Å². The van der Waals surface area contributed by atoms with Crippen LogP contribution in [0.2, 0.25) is 0 Å². The van der Waals surface area contributed by atoms with Crippen molar-refractivity contribution in [2.24, 2.45) is 7.05 Å². The van der Waals surface area contributed by atoms with Gasteiger partial charge >= 0.3 is 5.76 Å². The van der Waals surface area contributed by atoms with E-state index < -0.39 is 15.8 Å². The average molecular weight is 312 g/mol. The first-order chi connectivity index (χ1) is 9.97. The third-order valence-corrected chi connectivity index (χ3v) is 5.02. The van der Waals surface area contributed by atoms with Crippen molar-refractivity contribution in [3.63, 3.8) is 0 Å². The van der Waals surface area contributed by atoms with Crippen LogP contribution in [0.4, 0.5) is 0 Å². The minimum atomic E-state index is -3.64. The summed E-state index contributed by atoms with van der Waals surface area (Å²) in [5.74, 6) is -0.521. The fraction of sp³-hybridized carbons (Fsp3) is 0.462. The fourth-order valence-corrected chi connectivity index (χ4v) is 3.45. The molecule has 7 nitrogen and oxygen atoms in total. The Bertz CT molecular complexity index is 815. The van der Waals surface area contributed by atoms with Crippen molar-refractivity contribution >= 4 is 21.1 Å². The van der Waals surface area contributed by atoms with Crippen LogP contribution in [0, 0.1) is 0 Å². The number of hydrogen-bond donors (Lipinski definition) is 1. The normalized spacial score (nSPS) is 19.4. The summed E-state index contributed by atoms with van der Waals surface area (Å²) in [7, 11) is -2.08. The van der Waals surface area contributed by atoms with E-state index in [4.69, 9.17) is 9.15 Å². The van der Waals surface area contributed by atoms with E-state index in [9.17, 15) is 13.2 Å². The highest BCUT2D eigenvalue weighted by molar-refractivity contribution is 7.89. The molecule has 0 saturated carbocycles. The first-order valence-corrected chi connectivity index (χ1v) is 8.16. The lowest BCUT2D eigenvalue weighted by Crippen LogP contribution is -2.31. The molecule has 0 radical (unpaired) electrons. The number of oxazole rings is 1. The first kappa shape index (κ1) is 14.3. The van der Waals surface area contributed by atoms with Gasteiger partial charge in [-0.1, -0.05) is 0 Å². The van der Waals surface area contributed by atoms with Gasteiger partial charge in [-0.05, 0) is 25.0 Å². The topological polar surface area (TPSA) is 90.5 Å². The van der Waals surface area contributed by atoms with E-state index in [2.05, 4.69) is 4.72 Å². The van der Waals surface area contributed by atoms with Crippen LogP contribution in [0.3, 0.4) is 0 Å². The van der Waals surface area contributed by atoms with E-state index in [1.165, 1.54) is 16.7 Å². The molecule has 0 unspecified atom stereocenters. The monoisotopic (exact) mass is 312 g/mol. The highest BCUT2D eigenvalue weighted by Gasteiger charge is 2.21. The molecule has 1 N–H and O–H groups in total. The Morgan fingerprint density at radius 1 is 1.43 bits per heavy atom. The van der Waals surface area contributed by atoms with Crippen molar-refractivity contribution in [3.8, 4) is 0 Å². The molecule has 21 heavy (non-hydrogen) atoms. The standard InChI is InChI=1S/C13H16N2O5S/c1-15-11-5-4-10(7-12(11)20-13(15)16)21(17,18)14-8-9-3-2-6-19-9/h4-5,7,9,14H,2-3,6,8H2,1H3/t9-/m1/s1. The second-order valence-electron chi connectivity index (χ2n) is 5.04. The lowest BCUT2D eigenvalue weighted by atomic mass is 10.2. The van der Waals surface area contributed by atoms with E-state index in [0.717, 1.165) is 12.8 Å². The maximum Gasteiger partial charge on any atom is 0.419 e. The molecule has 1 aliphatic heterocycles. The molecule has 114 valence electrons. The van der Waals surface area contributed by atoms with Gasteiger partial charge in [0, 0.05) is 26.3 Å². The van der Waals surface area contributed by atoms with Crippen LogP contribution in [0.15, 0.2) is 32.3 Å². The smallest absolute Gasteiger partial charge is 0.408 e. The number of benzene rings is 1. The molecule has 1 aliphatic rings. The molecule has 1 saturated heterocycles. The molecule has 0 bridgehead atoms. The Morgan fingerprint density at radius 3 is 2.95 bits per heavy atom. The van der Waals surface area contributed by atoms with Crippen LogP contribution in [-0.4, -0.2) is 32.2 Å². The van der Waals surface area contributed by atoms with Gasteiger partial charge in [-0.25, -0.2) is 17.9 Å². The Balaban J connectivity index is 1.85. The number of sulfonamides is 1. The molecule has 1 aromatic heterocycles. The van der Waals surface area contributed by atoms with Crippen LogP contribution in [-0.2, 0) is 21.8 Å².